The van der Waals surface area contributed by atoms with Gasteiger partial charge in [-0.05, 0) is 6.08 Å². The van der Waals surface area contributed by atoms with Crippen molar-refractivity contribution in [3.05, 3.63) is 22.7 Å². The van der Waals surface area contributed by atoms with Gasteiger partial charge < -0.3 is 10.2 Å². The predicted octanol–water partition coefficient (Wildman–Crippen LogP) is 1.33. The second kappa shape index (κ2) is 3.53. The molecule has 0 saturated carbocycles. The molecule has 1 aliphatic carbocycles. The van der Waals surface area contributed by atoms with E-state index in [0.29, 0.717) is 0 Å². The average molecular weight is 265 g/mol. The molecule has 2 N–H and O–H groups in total. The summed E-state index contributed by atoms with van der Waals surface area (Å²) < 4.78 is 13.9. The van der Waals surface area contributed by atoms with Crippen LogP contribution in [-0.2, 0) is 9.59 Å². The number of hydrogen-bond acceptors (Lipinski definition) is 2. The number of allylic oxidation sites excluding steroid dienone is 2. The van der Waals surface area contributed by atoms with Crippen LogP contribution in [0.3, 0.4) is 0 Å². The third-order valence-corrected chi connectivity index (χ3v) is 2.34. The number of carbonyl (C=O) groups is 2. The van der Waals surface area contributed by atoms with Crippen molar-refractivity contribution >= 4 is 27.9 Å². The number of carboxylic acid groups (broad SMARTS) is 2. The topological polar surface area (TPSA) is 74.6 Å². The summed E-state index contributed by atoms with van der Waals surface area (Å²) in [7, 11) is 0. The van der Waals surface area contributed by atoms with Crippen LogP contribution in [0.25, 0.3) is 0 Å². The molecule has 76 valence electrons. The Hall–Kier alpha value is -1.17. The fourth-order valence-electron chi connectivity index (χ4n) is 1.12. The van der Waals surface area contributed by atoms with Crippen molar-refractivity contribution in [2.45, 2.75) is 5.67 Å². The molecule has 1 aliphatic rings. The lowest BCUT2D eigenvalue weighted by Crippen LogP contribution is -2.44. The number of hydrogen-bond donors (Lipinski definition) is 2. The molecule has 0 radical (unpaired) electrons. The Morgan fingerprint density at radius 3 is 2.50 bits per heavy atom. The van der Waals surface area contributed by atoms with Crippen molar-refractivity contribution in [3.8, 4) is 0 Å². The number of halogens is 2. The van der Waals surface area contributed by atoms with Gasteiger partial charge in [0, 0.05) is 4.48 Å². The van der Waals surface area contributed by atoms with Gasteiger partial charge in [0.05, 0.1) is 0 Å². The normalized spacial score (nSPS) is 31.0. The quantitative estimate of drug-likeness (QED) is 0.789. The van der Waals surface area contributed by atoms with Crippen LogP contribution >= 0.6 is 15.9 Å². The van der Waals surface area contributed by atoms with E-state index in [1.54, 1.807) is 0 Å². The van der Waals surface area contributed by atoms with E-state index in [2.05, 4.69) is 15.9 Å². The smallest absolute Gasteiger partial charge is 0.346 e. The molecule has 1 rings (SSSR count). The van der Waals surface area contributed by atoms with E-state index in [4.69, 9.17) is 10.2 Å². The summed E-state index contributed by atoms with van der Waals surface area (Å²) in [6.45, 7) is 0. The third-order valence-electron chi connectivity index (χ3n) is 1.84. The minimum absolute atomic E-state index is 0.208. The van der Waals surface area contributed by atoms with Gasteiger partial charge >= 0.3 is 11.9 Å². The lowest BCUT2D eigenvalue weighted by Gasteiger charge is -2.24. The molecule has 14 heavy (non-hydrogen) atoms. The number of aliphatic carboxylic acids is 2. The van der Waals surface area contributed by atoms with Gasteiger partial charge in [0.2, 0.25) is 5.67 Å². The molecule has 6 heteroatoms. The Kier molecular flexibility index (Phi) is 2.75. The summed E-state index contributed by atoms with van der Waals surface area (Å²) in [5, 5.41) is 17.2. The van der Waals surface area contributed by atoms with Crippen LogP contribution in [0, 0.1) is 5.92 Å². The Labute approximate surface area is 86.9 Å². The number of alkyl halides is 1. The van der Waals surface area contributed by atoms with Gasteiger partial charge in [0.1, 0.15) is 5.92 Å². The molecule has 0 saturated heterocycles. The summed E-state index contributed by atoms with van der Waals surface area (Å²) in [6, 6.07) is 0. The lowest BCUT2D eigenvalue weighted by molar-refractivity contribution is -0.158. The monoisotopic (exact) mass is 264 g/mol. The largest absolute Gasteiger partial charge is 0.481 e. The van der Waals surface area contributed by atoms with Crippen molar-refractivity contribution in [3.63, 3.8) is 0 Å². The van der Waals surface area contributed by atoms with Crippen LogP contribution < -0.4 is 0 Å². The second-order valence-corrected chi connectivity index (χ2v) is 3.69. The predicted molar refractivity (Wildman–Crippen MR) is 48.8 cm³/mol. The molecule has 0 spiro atoms. The van der Waals surface area contributed by atoms with E-state index in [0.717, 1.165) is 12.2 Å². The van der Waals surface area contributed by atoms with Gasteiger partial charge in [0.25, 0.3) is 0 Å². The molecule has 0 bridgehead atoms. The molecule has 0 aromatic carbocycles. The first-order valence-electron chi connectivity index (χ1n) is 3.59. The Bertz CT molecular complexity index is 349. The van der Waals surface area contributed by atoms with Gasteiger partial charge in [-0.15, -0.1) is 0 Å². The fraction of sp³-hybridized carbons (Fsp3) is 0.250. The maximum atomic E-state index is 13.7. The third kappa shape index (κ3) is 1.70. The highest BCUT2D eigenvalue weighted by atomic mass is 79.9. The second-order valence-electron chi connectivity index (χ2n) is 2.78. The number of rotatable bonds is 2. The van der Waals surface area contributed by atoms with Gasteiger partial charge in [-0.25, -0.2) is 9.18 Å². The van der Waals surface area contributed by atoms with E-state index >= 15 is 0 Å². The maximum absolute atomic E-state index is 13.7. The van der Waals surface area contributed by atoms with Crippen molar-refractivity contribution in [2.75, 3.05) is 0 Å². The lowest BCUT2D eigenvalue weighted by atomic mass is 9.85. The SMILES string of the molecule is O=C(O)C1C=CC(Br)=CC1(F)C(=O)O. The summed E-state index contributed by atoms with van der Waals surface area (Å²) >= 11 is 2.89. The molecule has 0 aliphatic heterocycles. The average Bonchev–Trinajstić information content (AvgIpc) is 2.02. The molecule has 0 amide bonds. The molecule has 0 heterocycles. The van der Waals surface area contributed by atoms with Crippen molar-refractivity contribution in [2.24, 2.45) is 5.92 Å². The molecule has 0 fully saturated rings. The van der Waals surface area contributed by atoms with Crippen LogP contribution in [0.5, 0.6) is 0 Å². The summed E-state index contributed by atoms with van der Waals surface area (Å²) in [5.41, 5.74) is -2.89. The molecule has 2 unspecified atom stereocenters. The van der Waals surface area contributed by atoms with Crippen LogP contribution in [0.15, 0.2) is 22.7 Å². The summed E-state index contributed by atoms with van der Waals surface area (Å²) in [5.74, 6) is -5.02. The van der Waals surface area contributed by atoms with Crippen LogP contribution in [0.2, 0.25) is 0 Å². The van der Waals surface area contributed by atoms with Crippen LogP contribution in [0.1, 0.15) is 0 Å². The van der Waals surface area contributed by atoms with E-state index in [9.17, 15) is 14.0 Å². The fourth-order valence-corrected chi connectivity index (χ4v) is 1.61. The zero-order valence-electron chi connectivity index (χ0n) is 6.78. The maximum Gasteiger partial charge on any atom is 0.346 e. The van der Waals surface area contributed by atoms with Crippen molar-refractivity contribution < 1.29 is 24.2 Å². The highest BCUT2D eigenvalue weighted by Crippen LogP contribution is 2.33. The summed E-state index contributed by atoms with van der Waals surface area (Å²) in [4.78, 5) is 21.2. The van der Waals surface area contributed by atoms with Crippen molar-refractivity contribution in [1.82, 2.24) is 0 Å². The van der Waals surface area contributed by atoms with E-state index < -0.39 is 23.5 Å². The Morgan fingerprint density at radius 2 is 2.07 bits per heavy atom. The van der Waals surface area contributed by atoms with E-state index in [-0.39, 0.29) is 4.48 Å². The first kappa shape index (κ1) is 10.9. The van der Waals surface area contributed by atoms with Gasteiger partial charge in [-0.2, -0.15) is 0 Å². The highest BCUT2D eigenvalue weighted by Gasteiger charge is 2.49. The zero-order valence-corrected chi connectivity index (χ0v) is 8.36. The molecule has 0 aromatic rings. The Morgan fingerprint density at radius 1 is 1.50 bits per heavy atom. The first-order valence-corrected chi connectivity index (χ1v) is 4.39. The molecule has 0 aromatic heterocycles. The van der Waals surface area contributed by atoms with Gasteiger partial charge in [0.15, 0.2) is 0 Å². The minimum Gasteiger partial charge on any atom is -0.481 e. The molecular weight excluding hydrogens is 259 g/mol. The standard InChI is InChI=1S/C8H6BrFO4/c9-4-1-2-5(6(11)12)8(10,3-4)7(13)14/h1-3,5H,(H,11,12)(H,13,14). The van der Waals surface area contributed by atoms with E-state index in [1.807, 2.05) is 0 Å². The molecular formula is C8H6BrFO4. The van der Waals surface area contributed by atoms with Crippen LogP contribution in [0.4, 0.5) is 4.39 Å². The van der Waals surface area contributed by atoms with E-state index in [1.165, 1.54) is 6.08 Å². The zero-order chi connectivity index (χ0) is 10.9. The number of carboxylic acids is 2. The highest BCUT2D eigenvalue weighted by molar-refractivity contribution is 9.11. The first-order chi connectivity index (χ1) is 6.38. The molecule has 2 atom stereocenters. The van der Waals surface area contributed by atoms with Crippen molar-refractivity contribution in [1.29, 1.82) is 0 Å². The Balaban J connectivity index is 3.17. The summed E-state index contributed by atoms with van der Waals surface area (Å²) in [6.07, 6.45) is 3.04. The van der Waals surface area contributed by atoms with Crippen LogP contribution in [-0.4, -0.2) is 27.8 Å². The van der Waals surface area contributed by atoms with Gasteiger partial charge in [-0.1, -0.05) is 28.1 Å². The molecule has 4 nitrogen and oxygen atoms in total. The minimum atomic E-state index is -2.89. The van der Waals surface area contributed by atoms with Gasteiger partial charge in [-0.3, -0.25) is 4.79 Å².